The first kappa shape index (κ1) is 12.1. The van der Waals surface area contributed by atoms with Crippen molar-refractivity contribution in [3.63, 3.8) is 0 Å². The van der Waals surface area contributed by atoms with E-state index in [4.69, 9.17) is 12.6 Å². The van der Waals surface area contributed by atoms with Gasteiger partial charge in [-0.3, -0.25) is 0 Å². The lowest BCUT2D eigenvalue weighted by molar-refractivity contribution is 0.322. The van der Waals surface area contributed by atoms with Crippen molar-refractivity contribution >= 4 is 36.6 Å². The summed E-state index contributed by atoms with van der Waals surface area (Å²) in [5, 5.41) is 0. The van der Waals surface area contributed by atoms with Crippen LogP contribution in [0.2, 0.25) is 0 Å². The van der Waals surface area contributed by atoms with Crippen LogP contribution >= 0.6 is 36.6 Å². The van der Waals surface area contributed by atoms with E-state index in [9.17, 15) is 0 Å². The molecule has 0 amide bonds. The second kappa shape index (κ2) is 4.95. The van der Waals surface area contributed by atoms with Crippen LogP contribution in [0, 0.1) is 5.92 Å². The summed E-state index contributed by atoms with van der Waals surface area (Å²) in [6.45, 7) is 4.58. The number of hydrogen-bond acceptors (Lipinski definition) is 1. The first-order chi connectivity index (χ1) is 4.65. The molecule has 2 heteroatoms. The molecule has 0 radical (unpaired) electrons. The predicted molar refractivity (Wildman–Crippen MR) is 65.1 cm³/mol. The molecule has 1 aliphatic rings. The second-order valence-corrected chi connectivity index (χ2v) is 4.71. The van der Waals surface area contributed by atoms with Crippen LogP contribution in [0.1, 0.15) is 46.0 Å². The summed E-state index contributed by atoms with van der Waals surface area (Å²) in [6.07, 6.45) is 6.86. The Balaban J connectivity index is 0.000001000. The van der Waals surface area contributed by atoms with E-state index in [-0.39, 0.29) is 24.0 Å². The quantitative estimate of drug-likeness (QED) is 0.548. The zero-order valence-electron chi connectivity index (χ0n) is 7.47. The van der Waals surface area contributed by atoms with Gasteiger partial charge in [0.05, 0.1) is 0 Å². The van der Waals surface area contributed by atoms with Crippen molar-refractivity contribution in [3.05, 3.63) is 0 Å². The zero-order chi connectivity index (χ0) is 7.61. The van der Waals surface area contributed by atoms with Gasteiger partial charge in [-0.2, -0.15) is 12.6 Å². The maximum absolute atomic E-state index is 4.74. The average molecular weight is 286 g/mol. The van der Waals surface area contributed by atoms with Gasteiger partial charge in [0, 0.05) is 4.75 Å². The molecule has 0 atom stereocenters. The van der Waals surface area contributed by atoms with E-state index < -0.39 is 0 Å². The van der Waals surface area contributed by atoms with E-state index in [1.807, 2.05) is 0 Å². The van der Waals surface area contributed by atoms with E-state index in [0.717, 1.165) is 5.92 Å². The van der Waals surface area contributed by atoms with E-state index >= 15 is 0 Å². The first-order valence-corrected chi connectivity index (χ1v) is 4.82. The van der Waals surface area contributed by atoms with Crippen LogP contribution in [0.25, 0.3) is 0 Å². The molecule has 0 aromatic carbocycles. The highest BCUT2D eigenvalue weighted by atomic mass is 127. The van der Waals surface area contributed by atoms with Gasteiger partial charge in [0.15, 0.2) is 0 Å². The Hall–Kier alpha value is 1.08. The van der Waals surface area contributed by atoms with Gasteiger partial charge < -0.3 is 0 Å². The minimum Gasteiger partial charge on any atom is -0.172 e. The number of hydrogen-bond donors (Lipinski definition) is 1. The van der Waals surface area contributed by atoms with E-state index in [1.165, 1.54) is 32.1 Å². The van der Waals surface area contributed by atoms with Gasteiger partial charge in [-0.25, -0.2) is 0 Å². The fourth-order valence-corrected chi connectivity index (χ4v) is 2.06. The summed E-state index contributed by atoms with van der Waals surface area (Å²) in [4.78, 5) is 0. The Bertz CT molecular complexity index is 106. The number of halogens is 1. The maximum atomic E-state index is 4.74. The molecule has 0 aliphatic heterocycles. The van der Waals surface area contributed by atoms with Crippen LogP contribution in [0.4, 0.5) is 0 Å². The molecule has 0 spiro atoms. The minimum atomic E-state index is 0. The third-order valence-electron chi connectivity index (χ3n) is 2.79. The van der Waals surface area contributed by atoms with Crippen molar-refractivity contribution in [1.82, 2.24) is 0 Å². The SMILES string of the molecule is CC(C)C1(S)CCCCC1.I. The topological polar surface area (TPSA) is 0 Å². The minimum absolute atomic E-state index is 0. The fourth-order valence-electron chi connectivity index (χ4n) is 1.74. The summed E-state index contributed by atoms with van der Waals surface area (Å²) in [5.41, 5.74) is 0. The molecule has 0 bridgehead atoms. The fraction of sp³-hybridized carbons (Fsp3) is 1.00. The Labute approximate surface area is 93.0 Å². The monoisotopic (exact) mass is 286 g/mol. The van der Waals surface area contributed by atoms with Gasteiger partial charge in [0.1, 0.15) is 0 Å². The normalized spacial score (nSPS) is 22.9. The van der Waals surface area contributed by atoms with Gasteiger partial charge in [-0.05, 0) is 18.8 Å². The van der Waals surface area contributed by atoms with Crippen LogP contribution in [0.5, 0.6) is 0 Å². The van der Waals surface area contributed by atoms with Gasteiger partial charge in [-0.15, -0.1) is 24.0 Å². The Morgan fingerprint density at radius 1 is 1.09 bits per heavy atom. The molecule has 68 valence electrons. The molecule has 0 aromatic heterocycles. The summed E-state index contributed by atoms with van der Waals surface area (Å²) in [5.74, 6) is 0.746. The molecule has 0 heterocycles. The van der Waals surface area contributed by atoms with Crippen molar-refractivity contribution in [2.45, 2.75) is 50.7 Å². The lowest BCUT2D eigenvalue weighted by Crippen LogP contribution is -2.30. The molecule has 0 nitrogen and oxygen atoms in total. The van der Waals surface area contributed by atoms with Gasteiger partial charge in [-0.1, -0.05) is 33.1 Å². The molecule has 0 saturated heterocycles. The highest BCUT2D eigenvalue weighted by Crippen LogP contribution is 2.39. The standard InChI is InChI=1S/C9H18S.HI/c1-8(2)9(10)6-4-3-5-7-9;/h8,10H,3-7H2,1-2H3;1H. The van der Waals surface area contributed by atoms with Crippen molar-refractivity contribution in [3.8, 4) is 0 Å². The molecule has 0 unspecified atom stereocenters. The van der Waals surface area contributed by atoms with Crippen LogP contribution in [-0.4, -0.2) is 4.75 Å². The van der Waals surface area contributed by atoms with E-state index in [2.05, 4.69) is 13.8 Å². The average Bonchev–Trinajstić information content (AvgIpc) is 1.89. The van der Waals surface area contributed by atoms with Gasteiger partial charge >= 0.3 is 0 Å². The molecule has 0 aromatic rings. The molecule has 0 N–H and O–H groups in total. The van der Waals surface area contributed by atoms with Crippen LogP contribution in [0.3, 0.4) is 0 Å². The lowest BCUT2D eigenvalue weighted by atomic mass is 9.81. The molecule has 1 aliphatic carbocycles. The zero-order valence-corrected chi connectivity index (χ0v) is 10.7. The molecule has 11 heavy (non-hydrogen) atoms. The second-order valence-electron chi connectivity index (χ2n) is 3.82. The molecule has 1 saturated carbocycles. The van der Waals surface area contributed by atoms with E-state index in [1.54, 1.807) is 0 Å². The van der Waals surface area contributed by atoms with Crippen LogP contribution in [0.15, 0.2) is 0 Å². The summed E-state index contributed by atoms with van der Waals surface area (Å²) < 4.78 is 0.373. The Morgan fingerprint density at radius 3 is 1.82 bits per heavy atom. The lowest BCUT2D eigenvalue weighted by Gasteiger charge is -2.36. The van der Waals surface area contributed by atoms with Crippen molar-refractivity contribution < 1.29 is 0 Å². The third kappa shape index (κ3) is 3.13. The molecular formula is C9H19IS. The maximum Gasteiger partial charge on any atom is 0.0152 e. The van der Waals surface area contributed by atoms with Crippen LogP contribution < -0.4 is 0 Å². The summed E-state index contributed by atoms with van der Waals surface area (Å²) in [6, 6.07) is 0. The summed E-state index contributed by atoms with van der Waals surface area (Å²) >= 11 is 4.74. The number of rotatable bonds is 1. The highest BCUT2D eigenvalue weighted by molar-refractivity contribution is 14.0. The molecular weight excluding hydrogens is 267 g/mol. The van der Waals surface area contributed by atoms with Crippen molar-refractivity contribution in [1.29, 1.82) is 0 Å². The highest BCUT2D eigenvalue weighted by Gasteiger charge is 2.30. The predicted octanol–water partition coefficient (Wildman–Crippen LogP) is 3.89. The van der Waals surface area contributed by atoms with Crippen molar-refractivity contribution in [2.24, 2.45) is 5.92 Å². The van der Waals surface area contributed by atoms with Gasteiger partial charge in [0.2, 0.25) is 0 Å². The molecule has 1 fully saturated rings. The van der Waals surface area contributed by atoms with Crippen LogP contribution in [-0.2, 0) is 0 Å². The Morgan fingerprint density at radius 2 is 1.55 bits per heavy atom. The first-order valence-electron chi connectivity index (χ1n) is 4.37. The van der Waals surface area contributed by atoms with E-state index in [0.29, 0.717) is 4.75 Å². The third-order valence-corrected chi connectivity index (χ3v) is 3.76. The van der Waals surface area contributed by atoms with Crippen molar-refractivity contribution in [2.75, 3.05) is 0 Å². The smallest absolute Gasteiger partial charge is 0.0152 e. The summed E-state index contributed by atoms with van der Waals surface area (Å²) in [7, 11) is 0. The number of thiol groups is 1. The molecule has 1 rings (SSSR count). The largest absolute Gasteiger partial charge is 0.172 e. The Kier molecular flexibility index (Phi) is 5.44. The van der Waals surface area contributed by atoms with Gasteiger partial charge in [0.25, 0.3) is 0 Å².